The number of carbonyl (C=O) groups excluding carboxylic acids is 1. The molecule has 0 aliphatic heterocycles. The number of amides is 1. The fourth-order valence-electron chi connectivity index (χ4n) is 2.36. The summed E-state index contributed by atoms with van der Waals surface area (Å²) in [6, 6.07) is 5.11. The summed E-state index contributed by atoms with van der Waals surface area (Å²) in [5.74, 6) is 0.100. The van der Waals surface area contributed by atoms with Crippen LogP contribution in [0.15, 0.2) is 23.3 Å². The van der Waals surface area contributed by atoms with Crippen molar-refractivity contribution in [2.24, 2.45) is 11.0 Å². The van der Waals surface area contributed by atoms with Crippen molar-refractivity contribution in [3.8, 4) is 5.75 Å². The largest absolute Gasteiger partial charge is 0.507 e. The molecule has 0 saturated heterocycles. The van der Waals surface area contributed by atoms with Gasteiger partial charge < -0.3 is 5.11 Å². The molecule has 0 aromatic heterocycles. The minimum atomic E-state index is -0.355. The number of carbonyl (C=O) groups is 1. The molecule has 1 amide bonds. The Kier molecular flexibility index (Phi) is 4.20. The van der Waals surface area contributed by atoms with Crippen molar-refractivity contribution in [3.63, 3.8) is 0 Å². The van der Waals surface area contributed by atoms with E-state index in [0.717, 1.165) is 25.0 Å². The molecule has 1 aliphatic carbocycles. The van der Waals surface area contributed by atoms with E-state index < -0.39 is 0 Å². The molecule has 0 spiro atoms. The van der Waals surface area contributed by atoms with Crippen LogP contribution in [0.1, 0.15) is 48.5 Å². The molecule has 0 bridgehead atoms. The Hall–Kier alpha value is -1.84. The van der Waals surface area contributed by atoms with Gasteiger partial charge in [-0.25, -0.2) is 5.43 Å². The molecule has 1 aromatic rings. The van der Waals surface area contributed by atoms with E-state index in [2.05, 4.69) is 17.5 Å². The number of hydrogen-bond acceptors (Lipinski definition) is 3. The summed E-state index contributed by atoms with van der Waals surface area (Å²) in [5, 5.41) is 14.1. The number of phenols is 1. The first-order valence-corrected chi connectivity index (χ1v) is 6.75. The van der Waals surface area contributed by atoms with Crippen LogP contribution in [0.5, 0.6) is 5.75 Å². The molecule has 0 radical (unpaired) electrons. The lowest BCUT2D eigenvalue weighted by molar-refractivity contribution is 0.0951. The van der Waals surface area contributed by atoms with E-state index in [1.165, 1.54) is 6.42 Å². The fraction of sp³-hybridized carbons (Fsp3) is 0.467. The molecular weight excluding hydrogens is 240 g/mol. The maximum Gasteiger partial charge on any atom is 0.275 e. The average molecular weight is 260 g/mol. The van der Waals surface area contributed by atoms with Gasteiger partial charge >= 0.3 is 0 Å². The van der Waals surface area contributed by atoms with Gasteiger partial charge in [0.2, 0.25) is 0 Å². The summed E-state index contributed by atoms with van der Waals surface area (Å²) in [5.41, 5.74) is 4.56. The molecule has 4 heteroatoms. The highest BCUT2D eigenvalue weighted by Gasteiger charge is 2.17. The Morgan fingerprint density at radius 2 is 2.21 bits per heavy atom. The third-order valence-electron chi connectivity index (χ3n) is 3.67. The number of nitrogens with one attached hydrogen (secondary N) is 1. The molecule has 1 saturated carbocycles. The van der Waals surface area contributed by atoms with Crippen LogP contribution in [0.2, 0.25) is 0 Å². The van der Waals surface area contributed by atoms with Gasteiger partial charge in [-0.15, -0.1) is 0 Å². The van der Waals surface area contributed by atoms with Crippen LogP contribution in [-0.2, 0) is 0 Å². The normalized spacial score (nSPS) is 21.4. The molecule has 2 N–H and O–H groups in total. The van der Waals surface area contributed by atoms with Crippen molar-refractivity contribution >= 4 is 11.6 Å². The van der Waals surface area contributed by atoms with E-state index in [1.54, 1.807) is 25.1 Å². The summed E-state index contributed by atoms with van der Waals surface area (Å²) < 4.78 is 0. The zero-order valence-electron chi connectivity index (χ0n) is 11.4. The summed E-state index contributed by atoms with van der Waals surface area (Å²) in [4.78, 5) is 12.0. The van der Waals surface area contributed by atoms with E-state index in [1.807, 2.05) is 0 Å². The first kappa shape index (κ1) is 13.6. The van der Waals surface area contributed by atoms with Crippen LogP contribution < -0.4 is 5.43 Å². The maximum absolute atomic E-state index is 12.0. The predicted molar refractivity (Wildman–Crippen MR) is 75.4 cm³/mol. The van der Waals surface area contributed by atoms with Gasteiger partial charge in [0, 0.05) is 5.71 Å². The Morgan fingerprint density at radius 1 is 1.42 bits per heavy atom. The van der Waals surface area contributed by atoms with Crippen molar-refractivity contribution < 1.29 is 9.90 Å². The second-order valence-electron chi connectivity index (χ2n) is 5.16. The van der Waals surface area contributed by atoms with E-state index >= 15 is 0 Å². The number of nitrogens with zero attached hydrogens (tertiary/aromatic N) is 1. The molecule has 1 fully saturated rings. The Bertz CT molecular complexity index is 509. The monoisotopic (exact) mass is 260 g/mol. The smallest absolute Gasteiger partial charge is 0.275 e. The highest BCUT2D eigenvalue weighted by Crippen LogP contribution is 2.22. The average Bonchev–Trinajstić information content (AvgIpc) is 2.40. The van der Waals surface area contributed by atoms with Crippen molar-refractivity contribution in [2.75, 3.05) is 0 Å². The van der Waals surface area contributed by atoms with Gasteiger partial charge in [-0.1, -0.05) is 25.5 Å². The third kappa shape index (κ3) is 3.13. The van der Waals surface area contributed by atoms with Gasteiger partial charge in [0.05, 0.1) is 5.56 Å². The molecule has 0 heterocycles. The van der Waals surface area contributed by atoms with Crippen LogP contribution in [-0.4, -0.2) is 16.7 Å². The molecule has 1 atom stereocenters. The molecule has 2 rings (SSSR count). The number of hydrogen-bond donors (Lipinski definition) is 2. The van der Waals surface area contributed by atoms with Gasteiger partial charge in [-0.05, 0) is 43.7 Å². The lowest BCUT2D eigenvalue weighted by Gasteiger charge is -2.19. The molecular formula is C15H20N2O2. The first-order valence-electron chi connectivity index (χ1n) is 6.75. The third-order valence-corrected chi connectivity index (χ3v) is 3.67. The van der Waals surface area contributed by atoms with E-state index in [-0.39, 0.29) is 17.2 Å². The van der Waals surface area contributed by atoms with Gasteiger partial charge in [0.25, 0.3) is 5.91 Å². The van der Waals surface area contributed by atoms with Gasteiger partial charge in [0.15, 0.2) is 0 Å². The van der Waals surface area contributed by atoms with Crippen LogP contribution in [0, 0.1) is 12.8 Å². The summed E-state index contributed by atoms with van der Waals surface area (Å²) in [6.07, 6.45) is 4.44. The minimum Gasteiger partial charge on any atom is -0.507 e. The zero-order chi connectivity index (χ0) is 13.8. The first-order chi connectivity index (χ1) is 9.09. The predicted octanol–water partition coefficient (Wildman–Crippen LogP) is 3.00. The van der Waals surface area contributed by atoms with Crippen molar-refractivity contribution in [1.82, 2.24) is 5.43 Å². The molecule has 102 valence electrons. The van der Waals surface area contributed by atoms with Crippen LogP contribution in [0.3, 0.4) is 0 Å². The minimum absolute atomic E-state index is 0.0249. The number of rotatable bonds is 2. The van der Waals surface area contributed by atoms with Crippen LogP contribution in [0.25, 0.3) is 0 Å². The van der Waals surface area contributed by atoms with Gasteiger partial charge in [0.1, 0.15) is 5.75 Å². The number of benzene rings is 1. The number of phenolic OH excluding ortho intramolecular Hbond substituents is 1. The number of para-hydroxylation sites is 1. The van der Waals surface area contributed by atoms with Crippen LogP contribution in [0.4, 0.5) is 0 Å². The lowest BCUT2D eigenvalue weighted by Crippen LogP contribution is -2.24. The zero-order valence-corrected chi connectivity index (χ0v) is 11.4. The molecule has 1 unspecified atom stereocenters. The van der Waals surface area contributed by atoms with Crippen molar-refractivity contribution in [1.29, 1.82) is 0 Å². The maximum atomic E-state index is 12.0. The van der Waals surface area contributed by atoms with E-state index in [4.69, 9.17) is 0 Å². The van der Waals surface area contributed by atoms with Crippen LogP contribution >= 0.6 is 0 Å². The molecule has 19 heavy (non-hydrogen) atoms. The van der Waals surface area contributed by atoms with Crippen molar-refractivity contribution in [3.05, 3.63) is 29.3 Å². The summed E-state index contributed by atoms with van der Waals surface area (Å²) in [6.45, 7) is 3.90. The van der Waals surface area contributed by atoms with Crippen molar-refractivity contribution in [2.45, 2.75) is 39.5 Å². The number of hydrazone groups is 1. The standard InChI is InChI=1S/C15H20N2O2/c1-10-6-3-4-9-13(10)16-17-15(19)12-8-5-7-11(2)14(12)18/h5,7-8,10,18H,3-4,6,9H2,1-2H3,(H,17,19). The van der Waals surface area contributed by atoms with Gasteiger partial charge in [-0.2, -0.15) is 5.10 Å². The van der Waals surface area contributed by atoms with Gasteiger partial charge in [-0.3, -0.25) is 4.79 Å². The molecule has 1 aliphatic rings. The summed E-state index contributed by atoms with van der Waals surface area (Å²) >= 11 is 0. The Balaban J connectivity index is 2.09. The summed E-state index contributed by atoms with van der Waals surface area (Å²) in [7, 11) is 0. The SMILES string of the molecule is Cc1cccc(C(=O)NN=C2CCCCC2C)c1O. The molecule has 4 nitrogen and oxygen atoms in total. The highest BCUT2D eigenvalue weighted by molar-refractivity contribution is 5.98. The second-order valence-corrected chi connectivity index (χ2v) is 5.16. The topological polar surface area (TPSA) is 61.7 Å². The lowest BCUT2D eigenvalue weighted by atomic mass is 9.89. The Morgan fingerprint density at radius 3 is 2.95 bits per heavy atom. The van der Waals surface area contributed by atoms with E-state index in [9.17, 15) is 9.90 Å². The highest BCUT2D eigenvalue weighted by atomic mass is 16.3. The Labute approximate surface area is 113 Å². The quantitative estimate of drug-likeness (QED) is 0.803. The second kappa shape index (κ2) is 5.87. The number of aryl methyl sites for hydroxylation is 1. The number of aromatic hydroxyl groups is 1. The van der Waals surface area contributed by atoms with E-state index in [0.29, 0.717) is 11.5 Å². The molecule has 1 aromatic carbocycles. The fourth-order valence-corrected chi connectivity index (χ4v) is 2.36.